The number of aryl methyl sites for hydroxylation is 1. The van der Waals surface area contributed by atoms with E-state index >= 15 is 0 Å². The molecule has 0 aliphatic heterocycles. The van der Waals surface area contributed by atoms with Crippen molar-refractivity contribution >= 4 is 5.97 Å². The quantitative estimate of drug-likeness (QED) is 0.779. The van der Waals surface area contributed by atoms with Crippen molar-refractivity contribution in [2.75, 3.05) is 7.11 Å². The van der Waals surface area contributed by atoms with Gasteiger partial charge in [-0.05, 0) is 38.0 Å². The molecule has 1 N–H and O–H groups in total. The van der Waals surface area contributed by atoms with Gasteiger partial charge in [0.15, 0.2) is 0 Å². The summed E-state index contributed by atoms with van der Waals surface area (Å²) >= 11 is 0. The maximum absolute atomic E-state index is 10.5. The lowest BCUT2D eigenvalue weighted by Gasteiger charge is -2.36. The molecule has 0 amide bonds. The van der Waals surface area contributed by atoms with Crippen LogP contribution in [0, 0.1) is 5.92 Å². The molecular weight excluding hydrogens is 272 g/mol. The van der Waals surface area contributed by atoms with Crippen molar-refractivity contribution in [3.63, 3.8) is 0 Å². The van der Waals surface area contributed by atoms with Gasteiger partial charge in [-0.25, -0.2) is 0 Å². The van der Waals surface area contributed by atoms with Gasteiger partial charge in [-0.3, -0.25) is 4.79 Å². The average Bonchev–Trinajstić information content (AvgIpc) is 2.92. The predicted octanol–water partition coefficient (Wildman–Crippen LogP) is 2.92. The molecule has 2 rings (SSSR count). The summed E-state index contributed by atoms with van der Waals surface area (Å²) < 4.78 is 11.0. The smallest absolute Gasteiger partial charge is 0.303 e. The highest BCUT2D eigenvalue weighted by Gasteiger charge is 2.40. The second-order valence-electron chi connectivity index (χ2n) is 6.01. The zero-order valence-electron chi connectivity index (χ0n) is 12.8. The van der Waals surface area contributed by atoms with E-state index in [1.54, 1.807) is 7.11 Å². The van der Waals surface area contributed by atoms with Crippen LogP contribution >= 0.6 is 0 Å². The van der Waals surface area contributed by atoms with Crippen molar-refractivity contribution in [3.05, 3.63) is 11.7 Å². The van der Waals surface area contributed by atoms with Crippen LogP contribution in [0.2, 0.25) is 0 Å². The first kappa shape index (κ1) is 15.9. The van der Waals surface area contributed by atoms with Gasteiger partial charge in [-0.15, -0.1) is 0 Å². The number of hydrogen-bond donors (Lipinski definition) is 1. The van der Waals surface area contributed by atoms with E-state index in [2.05, 4.69) is 17.1 Å². The maximum Gasteiger partial charge on any atom is 0.303 e. The molecule has 0 spiro atoms. The van der Waals surface area contributed by atoms with Gasteiger partial charge in [0.05, 0.1) is 0 Å². The predicted molar refractivity (Wildman–Crippen MR) is 75.8 cm³/mol. The Morgan fingerprint density at radius 1 is 1.52 bits per heavy atom. The van der Waals surface area contributed by atoms with Gasteiger partial charge in [0.1, 0.15) is 5.60 Å². The fraction of sp³-hybridized carbons (Fsp3) is 0.800. The van der Waals surface area contributed by atoms with E-state index in [1.165, 1.54) is 6.42 Å². The molecule has 0 aromatic carbocycles. The number of unbranched alkanes of at least 4 members (excludes halogenated alkanes) is 1. The van der Waals surface area contributed by atoms with Crippen LogP contribution in [0.1, 0.15) is 63.6 Å². The first-order valence-electron chi connectivity index (χ1n) is 7.66. The zero-order valence-corrected chi connectivity index (χ0v) is 12.8. The standard InChI is InChI=1S/C15H24N2O4/c1-11-6-5-9-15(10-11,20-2)14-16-12(21-17-14)7-3-4-8-13(18)19/h11H,3-10H2,1-2H3,(H,18,19). The van der Waals surface area contributed by atoms with Crippen molar-refractivity contribution in [3.8, 4) is 0 Å². The SMILES string of the molecule is COC1(c2noc(CCCCC(=O)O)n2)CCCC(C)C1. The largest absolute Gasteiger partial charge is 0.481 e. The number of hydrogen-bond acceptors (Lipinski definition) is 5. The van der Waals surface area contributed by atoms with Crippen LogP contribution in [-0.4, -0.2) is 28.3 Å². The van der Waals surface area contributed by atoms with Gasteiger partial charge < -0.3 is 14.4 Å². The van der Waals surface area contributed by atoms with Crippen LogP contribution in [0.25, 0.3) is 0 Å². The number of carboxylic acid groups (broad SMARTS) is 1. The number of aliphatic carboxylic acids is 1. The molecule has 6 nitrogen and oxygen atoms in total. The molecule has 1 aliphatic rings. The average molecular weight is 296 g/mol. The molecule has 2 unspecified atom stereocenters. The van der Waals surface area contributed by atoms with Crippen LogP contribution in [0.3, 0.4) is 0 Å². The van der Waals surface area contributed by atoms with Gasteiger partial charge in [-0.1, -0.05) is 18.5 Å². The fourth-order valence-electron chi connectivity index (χ4n) is 3.08. The molecule has 1 heterocycles. The molecule has 1 aliphatic carbocycles. The molecule has 21 heavy (non-hydrogen) atoms. The number of ether oxygens (including phenoxy) is 1. The van der Waals surface area contributed by atoms with Crippen molar-refractivity contribution in [1.82, 2.24) is 10.1 Å². The molecule has 0 saturated heterocycles. The highest BCUT2D eigenvalue weighted by Crippen LogP contribution is 2.41. The molecule has 1 fully saturated rings. The third-order valence-corrected chi connectivity index (χ3v) is 4.25. The summed E-state index contributed by atoms with van der Waals surface area (Å²) in [6, 6.07) is 0. The third-order valence-electron chi connectivity index (χ3n) is 4.25. The van der Waals surface area contributed by atoms with E-state index in [9.17, 15) is 4.79 Å². The van der Waals surface area contributed by atoms with Gasteiger partial charge in [-0.2, -0.15) is 4.98 Å². The third kappa shape index (κ3) is 4.03. The van der Waals surface area contributed by atoms with Crippen molar-refractivity contribution in [2.24, 2.45) is 5.92 Å². The summed E-state index contributed by atoms with van der Waals surface area (Å²) in [5, 5.41) is 12.7. The summed E-state index contributed by atoms with van der Waals surface area (Å²) in [4.78, 5) is 14.9. The first-order valence-corrected chi connectivity index (χ1v) is 7.66. The molecule has 1 saturated carbocycles. The van der Waals surface area contributed by atoms with Gasteiger partial charge in [0, 0.05) is 20.0 Å². The second-order valence-corrected chi connectivity index (χ2v) is 6.01. The van der Waals surface area contributed by atoms with Crippen molar-refractivity contribution in [1.29, 1.82) is 0 Å². The van der Waals surface area contributed by atoms with Crippen LogP contribution in [0.15, 0.2) is 4.52 Å². The molecule has 2 atom stereocenters. The van der Waals surface area contributed by atoms with Crippen LogP contribution in [0.5, 0.6) is 0 Å². The lowest BCUT2D eigenvalue weighted by Crippen LogP contribution is -2.35. The Morgan fingerprint density at radius 2 is 2.33 bits per heavy atom. The van der Waals surface area contributed by atoms with Crippen molar-refractivity contribution < 1.29 is 19.2 Å². The maximum atomic E-state index is 10.5. The van der Waals surface area contributed by atoms with Gasteiger partial charge >= 0.3 is 5.97 Å². The van der Waals surface area contributed by atoms with E-state index in [-0.39, 0.29) is 6.42 Å². The number of aromatic nitrogens is 2. The Labute approximate surface area is 124 Å². The van der Waals surface area contributed by atoms with Crippen LogP contribution < -0.4 is 0 Å². The molecule has 0 radical (unpaired) electrons. The summed E-state index contributed by atoms with van der Waals surface area (Å²) in [5.74, 6) is 1.04. The first-order chi connectivity index (χ1) is 10.1. The molecule has 0 bridgehead atoms. The number of carboxylic acids is 1. The van der Waals surface area contributed by atoms with E-state index in [1.807, 2.05) is 0 Å². The van der Waals surface area contributed by atoms with Gasteiger partial charge in [0.2, 0.25) is 11.7 Å². The Morgan fingerprint density at radius 3 is 3.00 bits per heavy atom. The van der Waals surface area contributed by atoms with Crippen molar-refractivity contribution in [2.45, 2.75) is 63.9 Å². The Hall–Kier alpha value is -1.43. The van der Waals surface area contributed by atoms with Gasteiger partial charge in [0.25, 0.3) is 0 Å². The molecular formula is C15H24N2O4. The number of methoxy groups -OCH3 is 1. The Balaban J connectivity index is 1.96. The minimum atomic E-state index is -0.768. The summed E-state index contributed by atoms with van der Waals surface area (Å²) in [7, 11) is 1.71. The molecule has 1 aromatic rings. The van der Waals surface area contributed by atoms with Crippen LogP contribution in [-0.2, 0) is 21.6 Å². The number of rotatable bonds is 7. The van der Waals surface area contributed by atoms with Crippen LogP contribution in [0.4, 0.5) is 0 Å². The fourth-order valence-corrected chi connectivity index (χ4v) is 3.08. The highest BCUT2D eigenvalue weighted by molar-refractivity contribution is 5.66. The van der Waals surface area contributed by atoms with E-state index in [4.69, 9.17) is 14.4 Å². The van der Waals surface area contributed by atoms with E-state index in [0.29, 0.717) is 30.5 Å². The lowest BCUT2D eigenvalue weighted by molar-refractivity contribution is -0.137. The minimum absolute atomic E-state index is 0.181. The highest BCUT2D eigenvalue weighted by atomic mass is 16.5. The summed E-state index contributed by atoms with van der Waals surface area (Å²) in [6.07, 6.45) is 6.33. The number of nitrogens with zero attached hydrogens (tertiary/aromatic N) is 2. The summed E-state index contributed by atoms with van der Waals surface area (Å²) in [6.45, 7) is 2.22. The normalized spacial score (nSPS) is 25.9. The topological polar surface area (TPSA) is 85.5 Å². The van der Waals surface area contributed by atoms with E-state index in [0.717, 1.165) is 25.7 Å². The molecule has 6 heteroatoms. The van der Waals surface area contributed by atoms with E-state index < -0.39 is 11.6 Å². The second kappa shape index (κ2) is 7.02. The number of carbonyl (C=O) groups is 1. The zero-order chi connectivity index (χ0) is 15.3. The Bertz CT molecular complexity index is 474. The lowest BCUT2D eigenvalue weighted by atomic mass is 9.78. The summed E-state index contributed by atoms with van der Waals surface area (Å²) in [5.41, 5.74) is -0.416. The molecule has 118 valence electrons. The Kier molecular flexibility index (Phi) is 5.33. The molecule has 1 aromatic heterocycles. The minimum Gasteiger partial charge on any atom is -0.481 e. The monoisotopic (exact) mass is 296 g/mol.